The predicted molar refractivity (Wildman–Crippen MR) is 47.4 cm³/mol. The molecule has 1 aromatic heterocycles. The summed E-state index contributed by atoms with van der Waals surface area (Å²) in [4.78, 5) is 22.3. The molecule has 1 aromatic rings. The van der Waals surface area contributed by atoms with E-state index in [4.69, 9.17) is 5.26 Å². The van der Waals surface area contributed by atoms with Gasteiger partial charge in [-0.3, -0.25) is 9.59 Å². The molecule has 1 heterocycles. The minimum Gasteiger partial charge on any atom is -0.468 e. The highest BCUT2D eigenvalue weighted by Gasteiger charge is 2.06. The number of hydrogen-bond donors (Lipinski definition) is 0. The third kappa shape index (κ3) is 1.98. The minimum absolute atomic E-state index is 0.0106. The van der Waals surface area contributed by atoms with Crippen LogP contribution in [0.5, 0.6) is 0 Å². The van der Waals surface area contributed by atoms with Gasteiger partial charge in [-0.2, -0.15) is 5.26 Å². The molecular weight excluding hydrogens is 184 g/mol. The number of carbonyl (C=O) groups excluding carboxylic acids is 1. The largest absolute Gasteiger partial charge is 0.468 e. The van der Waals surface area contributed by atoms with Gasteiger partial charge in [0.1, 0.15) is 18.2 Å². The lowest BCUT2D eigenvalue weighted by molar-refractivity contribution is -0.141. The van der Waals surface area contributed by atoms with Crippen molar-refractivity contribution < 1.29 is 9.53 Å². The monoisotopic (exact) mass is 192 g/mol. The Morgan fingerprint density at radius 3 is 3.00 bits per heavy atom. The standard InChI is InChI=1S/C9H8N2O3/c1-14-8(12)6-11-4-2-3-7(5-10)9(11)13/h2-4H,6H2,1H3. The van der Waals surface area contributed by atoms with Crippen LogP contribution >= 0.6 is 0 Å². The van der Waals surface area contributed by atoms with Gasteiger partial charge < -0.3 is 9.30 Å². The van der Waals surface area contributed by atoms with Gasteiger partial charge in [-0.25, -0.2) is 0 Å². The number of hydrogen-bond acceptors (Lipinski definition) is 4. The first-order valence-electron chi connectivity index (χ1n) is 3.85. The topological polar surface area (TPSA) is 72.1 Å². The highest BCUT2D eigenvalue weighted by Crippen LogP contribution is 1.90. The molecule has 0 spiro atoms. The number of carbonyl (C=O) groups is 1. The molecule has 0 aliphatic carbocycles. The number of methoxy groups -OCH3 is 1. The number of nitrogens with zero attached hydrogens (tertiary/aromatic N) is 2. The summed E-state index contributed by atoms with van der Waals surface area (Å²) < 4.78 is 5.53. The van der Waals surface area contributed by atoms with Crippen molar-refractivity contribution in [3.05, 3.63) is 34.2 Å². The van der Waals surface area contributed by atoms with Gasteiger partial charge in [-0.1, -0.05) is 0 Å². The second-order valence-corrected chi connectivity index (χ2v) is 2.54. The molecule has 0 bridgehead atoms. The van der Waals surface area contributed by atoms with E-state index in [9.17, 15) is 9.59 Å². The summed E-state index contributed by atoms with van der Waals surface area (Å²) >= 11 is 0. The number of aromatic nitrogens is 1. The Labute approximate surface area is 80.1 Å². The summed E-state index contributed by atoms with van der Waals surface area (Å²) in [6.45, 7) is -0.176. The van der Waals surface area contributed by atoms with Crippen molar-refractivity contribution in [3.63, 3.8) is 0 Å². The van der Waals surface area contributed by atoms with Gasteiger partial charge in [0.05, 0.1) is 7.11 Å². The van der Waals surface area contributed by atoms with Gasteiger partial charge in [0.15, 0.2) is 0 Å². The summed E-state index contributed by atoms with van der Waals surface area (Å²) in [6.07, 6.45) is 1.43. The number of ether oxygens (including phenoxy) is 1. The van der Waals surface area contributed by atoms with Crippen molar-refractivity contribution in [3.8, 4) is 6.07 Å². The molecule has 0 saturated heterocycles. The van der Waals surface area contributed by atoms with Crippen molar-refractivity contribution in [2.45, 2.75) is 6.54 Å². The Bertz CT molecular complexity index is 442. The normalized spacial score (nSPS) is 9.14. The Kier molecular flexibility index (Phi) is 3.02. The molecule has 0 atom stereocenters. The summed E-state index contributed by atoms with van der Waals surface area (Å²) in [5, 5.41) is 8.55. The lowest BCUT2D eigenvalue weighted by atomic mass is 10.3. The predicted octanol–water partition coefficient (Wildman–Crippen LogP) is -0.107. The fraction of sp³-hybridized carbons (Fsp3) is 0.222. The molecule has 0 aromatic carbocycles. The van der Waals surface area contributed by atoms with E-state index in [-0.39, 0.29) is 12.1 Å². The maximum Gasteiger partial charge on any atom is 0.325 e. The number of nitriles is 1. The van der Waals surface area contributed by atoms with Crippen LogP contribution in [0.2, 0.25) is 0 Å². The molecular formula is C9H8N2O3. The molecule has 0 amide bonds. The zero-order valence-corrected chi connectivity index (χ0v) is 7.56. The average molecular weight is 192 g/mol. The SMILES string of the molecule is COC(=O)Cn1cccc(C#N)c1=O. The average Bonchev–Trinajstić information content (AvgIpc) is 2.21. The van der Waals surface area contributed by atoms with E-state index in [1.165, 1.54) is 25.4 Å². The summed E-state index contributed by atoms with van der Waals surface area (Å²) in [5.41, 5.74) is -0.475. The van der Waals surface area contributed by atoms with Gasteiger partial charge >= 0.3 is 5.97 Å². The number of pyridine rings is 1. The van der Waals surface area contributed by atoms with Crippen molar-refractivity contribution in [2.24, 2.45) is 0 Å². The van der Waals surface area contributed by atoms with Crippen molar-refractivity contribution >= 4 is 5.97 Å². The molecule has 14 heavy (non-hydrogen) atoms. The van der Waals surface area contributed by atoms with Crippen LogP contribution in [0.1, 0.15) is 5.56 Å². The summed E-state index contributed by atoms with van der Waals surface area (Å²) in [6, 6.07) is 4.67. The van der Waals surface area contributed by atoms with Crippen molar-refractivity contribution in [2.75, 3.05) is 7.11 Å². The first kappa shape index (κ1) is 9.99. The Morgan fingerprint density at radius 2 is 2.43 bits per heavy atom. The quantitative estimate of drug-likeness (QED) is 0.613. The number of rotatable bonds is 2. The van der Waals surface area contributed by atoms with E-state index in [2.05, 4.69) is 4.74 Å². The van der Waals surface area contributed by atoms with Crippen molar-refractivity contribution in [1.29, 1.82) is 5.26 Å². The lowest BCUT2D eigenvalue weighted by Crippen LogP contribution is -2.25. The second kappa shape index (κ2) is 4.23. The fourth-order valence-corrected chi connectivity index (χ4v) is 0.950. The molecule has 0 aliphatic rings. The fourth-order valence-electron chi connectivity index (χ4n) is 0.950. The molecule has 0 saturated carbocycles. The van der Waals surface area contributed by atoms with E-state index >= 15 is 0 Å². The molecule has 0 unspecified atom stereocenters. The Balaban J connectivity index is 3.06. The maximum atomic E-state index is 11.4. The zero-order valence-electron chi connectivity index (χ0n) is 7.56. The zero-order chi connectivity index (χ0) is 10.6. The van der Waals surface area contributed by atoms with Crippen LogP contribution in [0.25, 0.3) is 0 Å². The molecule has 0 aliphatic heterocycles. The first-order chi connectivity index (χ1) is 6.69. The van der Waals surface area contributed by atoms with E-state index in [0.29, 0.717) is 0 Å². The third-order valence-electron chi connectivity index (χ3n) is 1.67. The highest BCUT2D eigenvalue weighted by molar-refractivity contribution is 5.68. The third-order valence-corrected chi connectivity index (χ3v) is 1.67. The van der Waals surface area contributed by atoms with E-state index < -0.39 is 11.5 Å². The van der Waals surface area contributed by atoms with Gasteiger partial charge in [0, 0.05) is 6.20 Å². The van der Waals surface area contributed by atoms with E-state index in [0.717, 1.165) is 4.57 Å². The minimum atomic E-state index is -0.526. The van der Waals surface area contributed by atoms with Crippen LogP contribution in [0.15, 0.2) is 23.1 Å². The molecule has 72 valence electrons. The summed E-state index contributed by atoms with van der Waals surface area (Å²) in [5.74, 6) is -0.526. The maximum absolute atomic E-state index is 11.4. The van der Waals surface area contributed by atoms with Gasteiger partial charge in [-0.05, 0) is 12.1 Å². The van der Waals surface area contributed by atoms with Crippen LogP contribution < -0.4 is 5.56 Å². The van der Waals surface area contributed by atoms with Crippen LogP contribution in [-0.4, -0.2) is 17.6 Å². The van der Waals surface area contributed by atoms with Crippen LogP contribution in [0.3, 0.4) is 0 Å². The lowest BCUT2D eigenvalue weighted by Gasteiger charge is -2.02. The number of esters is 1. The summed E-state index contributed by atoms with van der Waals surface area (Å²) in [7, 11) is 1.24. The molecule has 1 rings (SSSR count). The van der Waals surface area contributed by atoms with Crippen molar-refractivity contribution in [1.82, 2.24) is 4.57 Å². The van der Waals surface area contributed by atoms with Crippen LogP contribution in [-0.2, 0) is 16.1 Å². The van der Waals surface area contributed by atoms with Crippen LogP contribution in [0, 0.1) is 11.3 Å². The van der Waals surface area contributed by atoms with Crippen LogP contribution in [0.4, 0.5) is 0 Å². The second-order valence-electron chi connectivity index (χ2n) is 2.54. The molecule has 0 fully saturated rings. The van der Waals surface area contributed by atoms with Gasteiger partial charge in [0.25, 0.3) is 5.56 Å². The molecule has 0 radical (unpaired) electrons. The smallest absolute Gasteiger partial charge is 0.325 e. The molecule has 5 heteroatoms. The van der Waals surface area contributed by atoms with E-state index in [1.54, 1.807) is 6.07 Å². The Morgan fingerprint density at radius 1 is 1.71 bits per heavy atom. The first-order valence-corrected chi connectivity index (χ1v) is 3.85. The molecule has 5 nitrogen and oxygen atoms in total. The van der Waals surface area contributed by atoms with Gasteiger partial charge in [-0.15, -0.1) is 0 Å². The molecule has 0 N–H and O–H groups in total. The Hall–Kier alpha value is -2.09. The van der Waals surface area contributed by atoms with E-state index in [1.807, 2.05) is 0 Å². The van der Waals surface area contributed by atoms with Gasteiger partial charge in [0.2, 0.25) is 0 Å². The highest BCUT2D eigenvalue weighted by atomic mass is 16.5.